The summed E-state index contributed by atoms with van der Waals surface area (Å²) in [6.45, 7) is 11.4. The fourth-order valence-corrected chi connectivity index (χ4v) is 2.89. The summed E-state index contributed by atoms with van der Waals surface area (Å²) in [5, 5.41) is 23.4. The Balaban J connectivity index is 2.44. The highest BCUT2D eigenvalue weighted by molar-refractivity contribution is 5.43. The van der Waals surface area contributed by atoms with Crippen molar-refractivity contribution in [1.29, 1.82) is 0 Å². The number of hydrogen-bond donors (Lipinski definition) is 3. The first-order chi connectivity index (χ1) is 10.0. The largest absolute Gasteiger partial charge is 0.506 e. The summed E-state index contributed by atoms with van der Waals surface area (Å²) in [6.07, 6.45) is 2.43. The zero-order valence-corrected chi connectivity index (χ0v) is 12.9. The number of aliphatic hydroxyl groups is 1. The molecule has 0 unspecified atom stereocenters. The molecule has 1 fully saturated rings. The predicted octanol–water partition coefficient (Wildman–Crippen LogP) is 1.50. The van der Waals surface area contributed by atoms with E-state index < -0.39 is 0 Å². The van der Waals surface area contributed by atoms with Crippen LogP contribution in [0.1, 0.15) is 36.2 Å². The molecule has 0 radical (unpaired) electrons. The standard InChI is InChI=1S/C16H25N3O2/c1-11(2)8-14(19-6-4-17-5-7-19)15-13(10-20)9-18-12(3)16(15)21/h9,14,17,20-21H,1,4-8,10H2,2-3H3/t14-/m1/s1. The molecule has 5 heteroatoms. The van der Waals surface area contributed by atoms with Crippen LogP contribution < -0.4 is 5.32 Å². The molecule has 0 aliphatic carbocycles. The van der Waals surface area contributed by atoms with Crippen molar-refractivity contribution in [2.45, 2.75) is 32.9 Å². The molecule has 0 spiro atoms. The molecule has 2 heterocycles. The van der Waals surface area contributed by atoms with Gasteiger partial charge in [0, 0.05) is 49.5 Å². The second-order valence-corrected chi connectivity index (χ2v) is 5.75. The lowest BCUT2D eigenvalue weighted by Crippen LogP contribution is -2.45. The minimum Gasteiger partial charge on any atom is -0.506 e. The Morgan fingerprint density at radius 2 is 2.14 bits per heavy atom. The van der Waals surface area contributed by atoms with Crippen molar-refractivity contribution in [3.63, 3.8) is 0 Å². The Hall–Kier alpha value is -1.43. The van der Waals surface area contributed by atoms with Gasteiger partial charge >= 0.3 is 0 Å². The van der Waals surface area contributed by atoms with Crippen LogP contribution in [0, 0.1) is 6.92 Å². The molecule has 0 aromatic carbocycles. The number of pyridine rings is 1. The third-order valence-electron chi connectivity index (χ3n) is 4.00. The SMILES string of the molecule is C=C(C)C[C@H](c1c(CO)cnc(C)c1O)N1CCNCC1. The smallest absolute Gasteiger partial charge is 0.141 e. The van der Waals surface area contributed by atoms with E-state index in [1.165, 1.54) is 0 Å². The van der Waals surface area contributed by atoms with Crippen molar-refractivity contribution in [3.05, 3.63) is 35.2 Å². The molecule has 116 valence electrons. The lowest BCUT2D eigenvalue weighted by Gasteiger charge is -2.36. The Bertz CT molecular complexity index is 510. The van der Waals surface area contributed by atoms with Gasteiger partial charge in [0.05, 0.1) is 12.3 Å². The normalized spacial score (nSPS) is 17.7. The molecule has 1 aromatic heterocycles. The van der Waals surface area contributed by atoms with Crippen molar-refractivity contribution in [2.24, 2.45) is 0 Å². The summed E-state index contributed by atoms with van der Waals surface area (Å²) in [5.74, 6) is 0.200. The number of aliphatic hydroxyl groups excluding tert-OH is 1. The maximum absolute atomic E-state index is 10.5. The van der Waals surface area contributed by atoms with E-state index in [-0.39, 0.29) is 18.4 Å². The molecule has 1 aliphatic heterocycles. The molecule has 5 nitrogen and oxygen atoms in total. The summed E-state index contributed by atoms with van der Waals surface area (Å²) in [6, 6.07) is 0.0356. The molecule has 0 saturated carbocycles. The molecular formula is C16H25N3O2. The van der Waals surface area contributed by atoms with E-state index in [1.54, 1.807) is 13.1 Å². The average molecular weight is 291 g/mol. The maximum Gasteiger partial charge on any atom is 0.141 e. The monoisotopic (exact) mass is 291 g/mol. The Kier molecular flexibility index (Phi) is 5.33. The summed E-state index contributed by atoms with van der Waals surface area (Å²) >= 11 is 0. The van der Waals surface area contributed by atoms with E-state index in [1.807, 2.05) is 6.92 Å². The van der Waals surface area contributed by atoms with Gasteiger partial charge in [0.15, 0.2) is 0 Å². The van der Waals surface area contributed by atoms with E-state index >= 15 is 0 Å². The van der Waals surface area contributed by atoms with Crippen LogP contribution in [-0.2, 0) is 6.61 Å². The molecule has 21 heavy (non-hydrogen) atoms. The minimum absolute atomic E-state index is 0.0356. The van der Waals surface area contributed by atoms with Gasteiger partial charge in [-0.3, -0.25) is 9.88 Å². The fraction of sp³-hybridized carbons (Fsp3) is 0.562. The Morgan fingerprint density at radius 3 is 2.71 bits per heavy atom. The van der Waals surface area contributed by atoms with Crippen LogP contribution in [0.25, 0.3) is 0 Å². The van der Waals surface area contributed by atoms with E-state index in [4.69, 9.17) is 0 Å². The van der Waals surface area contributed by atoms with E-state index in [0.717, 1.165) is 43.7 Å². The number of nitrogens with zero attached hydrogens (tertiary/aromatic N) is 2. The Morgan fingerprint density at radius 1 is 1.48 bits per heavy atom. The molecule has 3 N–H and O–H groups in total. The molecule has 1 atom stereocenters. The highest BCUT2D eigenvalue weighted by Crippen LogP contribution is 2.37. The van der Waals surface area contributed by atoms with E-state index in [2.05, 4.69) is 21.8 Å². The third kappa shape index (κ3) is 3.61. The van der Waals surface area contributed by atoms with Gasteiger partial charge in [-0.15, -0.1) is 6.58 Å². The van der Waals surface area contributed by atoms with Crippen molar-refractivity contribution < 1.29 is 10.2 Å². The fourth-order valence-electron chi connectivity index (χ4n) is 2.89. The van der Waals surface area contributed by atoms with Crippen LogP contribution in [0.3, 0.4) is 0 Å². The maximum atomic E-state index is 10.5. The van der Waals surface area contributed by atoms with Crippen molar-refractivity contribution in [3.8, 4) is 5.75 Å². The molecule has 1 aliphatic rings. The van der Waals surface area contributed by atoms with Crippen molar-refractivity contribution in [1.82, 2.24) is 15.2 Å². The third-order valence-corrected chi connectivity index (χ3v) is 4.00. The van der Waals surface area contributed by atoms with Crippen LogP contribution in [-0.4, -0.2) is 46.3 Å². The van der Waals surface area contributed by atoms with Gasteiger partial charge in [0.1, 0.15) is 5.75 Å². The zero-order valence-electron chi connectivity index (χ0n) is 12.9. The second kappa shape index (κ2) is 7.02. The number of rotatable bonds is 5. The molecular weight excluding hydrogens is 266 g/mol. The number of aromatic hydroxyl groups is 1. The van der Waals surface area contributed by atoms with Crippen molar-refractivity contribution >= 4 is 0 Å². The molecule has 2 rings (SSSR count). The van der Waals surface area contributed by atoms with Gasteiger partial charge in [-0.05, 0) is 20.3 Å². The van der Waals surface area contributed by atoms with E-state index in [0.29, 0.717) is 11.3 Å². The predicted molar refractivity (Wildman–Crippen MR) is 83.2 cm³/mol. The lowest BCUT2D eigenvalue weighted by molar-refractivity contribution is 0.166. The quantitative estimate of drug-likeness (QED) is 0.717. The second-order valence-electron chi connectivity index (χ2n) is 5.75. The van der Waals surface area contributed by atoms with E-state index in [9.17, 15) is 10.2 Å². The summed E-state index contributed by atoms with van der Waals surface area (Å²) in [5.41, 5.74) is 3.16. The summed E-state index contributed by atoms with van der Waals surface area (Å²) < 4.78 is 0. The van der Waals surface area contributed by atoms with Crippen LogP contribution in [0.5, 0.6) is 5.75 Å². The first-order valence-corrected chi connectivity index (χ1v) is 7.42. The first kappa shape index (κ1) is 15.9. The number of nitrogens with one attached hydrogen (secondary N) is 1. The van der Waals surface area contributed by atoms with Gasteiger partial charge in [-0.25, -0.2) is 0 Å². The number of hydrogen-bond acceptors (Lipinski definition) is 5. The van der Waals surface area contributed by atoms with Gasteiger partial charge in [0.25, 0.3) is 0 Å². The zero-order chi connectivity index (χ0) is 15.4. The van der Waals surface area contributed by atoms with Crippen LogP contribution in [0.4, 0.5) is 0 Å². The number of aromatic nitrogens is 1. The van der Waals surface area contributed by atoms with Gasteiger partial charge in [0.2, 0.25) is 0 Å². The molecule has 1 aromatic rings. The summed E-state index contributed by atoms with van der Waals surface area (Å²) in [7, 11) is 0. The minimum atomic E-state index is -0.116. The topological polar surface area (TPSA) is 68.6 Å². The van der Waals surface area contributed by atoms with Gasteiger partial charge in [-0.2, -0.15) is 0 Å². The van der Waals surface area contributed by atoms with Crippen molar-refractivity contribution in [2.75, 3.05) is 26.2 Å². The number of piperazine rings is 1. The summed E-state index contributed by atoms with van der Waals surface area (Å²) in [4.78, 5) is 6.50. The van der Waals surface area contributed by atoms with Gasteiger partial charge < -0.3 is 15.5 Å². The Labute approximate surface area is 126 Å². The van der Waals surface area contributed by atoms with Crippen LogP contribution in [0.2, 0.25) is 0 Å². The highest BCUT2D eigenvalue weighted by atomic mass is 16.3. The first-order valence-electron chi connectivity index (χ1n) is 7.42. The van der Waals surface area contributed by atoms with Crippen LogP contribution in [0.15, 0.2) is 18.3 Å². The highest BCUT2D eigenvalue weighted by Gasteiger charge is 2.27. The number of aryl methyl sites for hydroxylation is 1. The molecule has 0 bridgehead atoms. The average Bonchev–Trinajstić information content (AvgIpc) is 2.48. The van der Waals surface area contributed by atoms with Gasteiger partial charge in [-0.1, -0.05) is 5.57 Å². The molecule has 1 saturated heterocycles. The van der Waals surface area contributed by atoms with Crippen LogP contribution >= 0.6 is 0 Å². The lowest BCUT2D eigenvalue weighted by atomic mass is 9.93. The molecule has 0 amide bonds.